The summed E-state index contributed by atoms with van der Waals surface area (Å²) in [6.45, 7) is 1.70. The Hall–Kier alpha value is -3.42. The van der Waals surface area contributed by atoms with Crippen LogP contribution in [0, 0.1) is 6.92 Å². The van der Waals surface area contributed by atoms with Crippen molar-refractivity contribution in [2.24, 2.45) is 0 Å². The number of thiocarbonyl (C=S) groups is 1. The normalized spacial score (nSPS) is 10.7. The number of amides is 1. The Morgan fingerprint density at radius 1 is 1.12 bits per heavy atom. The van der Waals surface area contributed by atoms with E-state index < -0.39 is 0 Å². The van der Waals surface area contributed by atoms with Gasteiger partial charge in [-0.2, -0.15) is 0 Å². The van der Waals surface area contributed by atoms with Crippen LogP contribution in [0.15, 0.2) is 71.1 Å². The van der Waals surface area contributed by atoms with Crippen molar-refractivity contribution in [1.82, 2.24) is 10.3 Å². The maximum absolute atomic E-state index is 12.1. The van der Waals surface area contributed by atoms with Crippen molar-refractivity contribution in [1.29, 1.82) is 0 Å². The van der Waals surface area contributed by atoms with Gasteiger partial charge in [-0.3, -0.25) is 10.1 Å². The number of ether oxygens (including phenoxy) is 1. The maximum Gasteiger partial charge on any atom is 0.264 e. The molecular weight excluding hydrogens is 446 g/mol. The molecule has 0 aliphatic heterocycles. The second-order valence-corrected chi connectivity index (χ2v) is 7.99. The Morgan fingerprint density at radius 2 is 1.91 bits per heavy atom. The molecule has 0 bridgehead atoms. The number of nitrogens with one attached hydrogen (secondary N) is 2. The average Bonchev–Trinajstić information content (AvgIpc) is 3.17. The first-order chi connectivity index (χ1) is 15.5. The molecule has 0 aliphatic rings. The first-order valence-corrected chi connectivity index (χ1v) is 10.7. The van der Waals surface area contributed by atoms with Crippen LogP contribution in [0.3, 0.4) is 0 Å². The smallest absolute Gasteiger partial charge is 0.264 e. The molecule has 1 heterocycles. The number of rotatable bonds is 6. The molecule has 0 saturated carbocycles. The zero-order valence-electron chi connectivity index (χ0n) is 17.2. The number of nitrogens with zero attached hydrogens (tertiary/aromatic N) is 1. The van der Waals surface area contributed by atoms with E-state index >= 15 is 0 Å². The van der Waals surface area contributed by atoms with Gasteiger partial charge in [0.25, 0.3) is 5.91 Å². The number of hydrogen-bond donors (Lipinski definition) is 2. The average molecular weight is 466 g/mol. The van der Waals surface area contributed by atoms with Gasteiger partial charge in [0.15, 0.2) is 23.2 Å². The highest BCUT2D eigenvalue weighted by molar-refractivity contribution is 7.80. The lowest BCUT2D eigenvalue weighted by Crippen LogP contribution is -2.37. The molecule has 8 heteroatoms. The monoisotopic (exact) mass is 465 g/mol. The molecular formula is C24H20ClN3O3S. The Morgan fingerprint density at radius 3 is 2.66 bits per heavy atom. The van der Waals surface area contributed by atoms with Gasteiger partial charge in [0.2, 0.25) is 0 Å². The van der Waals surface area contributed by atoms with Crippen molar-refractivity contribution < 1.29 is 13.9 Å². The second-order valence-electron chi connectivity index (χ2n) is 7.15. The minimum Gasteiger partial charge on any atom is -0.483 e. The Bertz CT molecular complexity index is 1240. The number of benzene rings is 3. The highest BCUT2D eigenvalue weighted by Crippen LogP contribution is 2.22. The minimum absolute atomic E-state index is 0.159. The van der Waals surface area contributed by atoms with E-state index in [1.807, 2.05) is 55.5 Å². The van der Waals surface area contributed by atoms with Gasteiger partial charge < -0.3 is 14.5 Å². The highest BCUT2D eigenvalue weighted by Gasteiger charge is 2.09. The lowest BCUT2D eigenvalue weighted by atomic mass is 10.1. The standard InChI is InChI=1S/C24H20ClN3O3S/c1-15-12-17(25)8-11-20(15)30-14-22(29)28-24(32)26-18-9-6-16(7-10-18)13-23-27-19-4-2-3-5-21(19)31-23/h2-12H,13-14H2,1H3,(H2,26,28,29,32). The fourth-order valence-corrected chi connectivity index (χ4v) is 3.58. The molecule has 3 aromatic carbocycles. The molecule has 1 amide bonds. The van der Waals surface area contributed by atoms with Gasteiger partial charge in [-0.15, -0.1) is 0 Å². The van der Waals surface area contributed by atoms with Crippen LogP contribution in [0.25, 0.3) is 11.1 Å². The summed E-state index contributed by atoms with van der Waals surface area (Å²) in [5.74, 6) is 0.896. The summed E-state index contributed by atoms with van der Waals surface area (Å²) in [6, 6.07) is 20.5. The lowest BCUT2D eigenvalue weighted by molar-refractivity contribution is -0.121. The van der Waals surface area contributed by atoms with Crippen LogP contribution in [0.4, 0.5) is 5.69 Å². The first kappa shape index (κ1) is 21.8. The molecule has 0 fully saturated rings. The summed E-state index contributed by atoms with van der Waals surface area (Å²) in [4.78, 5) is 16.6. The van der Waals surface area contributed by atoms with E-state index in [2.05, 4.69) is 15.6 Å². The number of aromatic nitrogens is 1. The van der Waals surface area contributed by atoms with E-state index in [9.17, 15) is 4.79 Å². The van der Waals surface area contributed by atoms with Gasteiger partial charge >= 0.3 is 0 Å². The summed E-state index contributed by atoms with van der Waals surface area (Å²) < 4.78 is 11.3. The topological polar surface area (TPSA) is 76.4 Å². The largest absolute Gasteiger partial charge is 0.483 e. The third kappa shape index (κ3) is 5.63. The van der Waals surface area contributed by atoms with E-state index in [0.717, 1.165) is 27.9 Å². The second kappa shape index (κ2) is 9.80. The van der Waals surface area contributed by atoms with Gasteiger partial charge in [-0.05, 0) is 72.7 Å². The lowest BCUT2D eigenvalue weighted by Gasteiger charge is -2.12. The molecule has 6 nitrogen and oxygen atoms in total. The predicted molar refractivity (Wildman–Crippen MR) is 129 cm³/mol. The maximum atomic E-state index is 12.1. The van der Waals surface area contributed by atoms with E-state index in [1.165, 1.54) is 0 Å². The molecule has 2 N–H and O–H groups in total. The van der Waals surface area contributed by atoms with E-state index in [4.69, 9.17) is 33.0 Å². The van der Waals surface area contributed by atoms with E-state index in [0.29, 0.717) is 23.1 Å². The van der Waals surface area contributed by atoms with Crippen molar-refractivity contribution in [3.8, 4) is 5.75 Å². The number of hydrogen-bond acceptors (Lipinski definition) is 5. The van der Waals surface area contributed by atoms with Crippen molar-refractivity contribution in [3.05, 3.63) is 88.8 Å². The number of carbonyl (C=O) groups is 1. The van der Waals surface area contributed by atoms with Crippen LogP contribution < -0.4 is 15.4 Å². The molecule has 0 spiro atoms. The quantitative estimate of drug-likeness (QED) is 0.378. The van der Waals surface area contributed by atoms with Gasteiger partial charge in [-0.1, -0.05) is 35.9 Å². The van der Waals surface area contributed by atoms with Crippen LogP contribution in [-0.2, 0) is 11.2 Å². The molecule has 1 aromatic heterocycles. The van der Waals surface area contributed by atoms with Gasteiger partial charge in [0.1, 0.15) is 11.3 Å². The molecule has 0 radical (unpaired) electrons. The Kier molecular flexibility index (Phi) is 6.68. The summed E-state index contributed by atoms with van der Waals surface area (Å²) in [6.07, 6.45) is 0.581. The third-order valence-corrected chi connectivity index (χ3v) is 5.09. The van der Waals surface area contributed by atoms with Crippen LogP contribution in [0.1, 0.15) is 17.0 Å². The van der Waals surface area contributed by atoms with Crippen molar-refractivity contribution >= 4 is 51.6 Å². The number of para-hydroxylation sites is 2. The fourth-order valence-electron chi connectivity index (χ4n) is 3.12. The van der Waals surface area contributed by atoms with Gasteiger partial charge in [0, 0.05) is 17.1 Å². The van der Waals surface area contributed by atoms with Crippen LogP contribution >= 0.6 is 23.8 Å². The van der Waals surface area contributed by atoms with E-state index in [-0.39, 0.29) is 17.6 Å². The summed E-state index contributed by atoms with van der Waals surface area (Å²) in [7, 11) is 0. The number of oxazole rings is 1. The van der Waals surface area contributed by atoms with Gasteiger partial charge in [0.05, 0.1) is 0 Å². The first-order valence-electron chi connectivity index (χ1n) is 9.89. The molecule has 0 atom stereocenters. The predicted octanol–water partition coefficient (Wildman–Crippen LogP) is 5.27. The summed E-state index contributed by atoms with van der Waals surface area (Å²) in [5, 5.41) is 6.40. The number of halogens is 1. The van der Waals surface area contributed by atoms with Crippen LogP contribution in [0.5, 0.6) is 5.75 Å². The Balaban J connectivity index is 1.27. The highest BCUT2D eigenvalue weighted by atomic mass is 35.5. The number of aryl methyl sites for hydroxylation is 1. The molecule has 4 aromatic rings. The van der Waals surface area contributed by atoms with Crippen LogP contribution in [0.2, 0.25) is 5.02 Å². The minimum atomic E-state index is -0.357. The fraction of sp³-hybridized carbons (Fsp3) is 0.125. The molecule has 4 rings (SSSR count). The zero-order chi connectivity index (χ0) is 22.5. The van der Waals surface area contributed by atoms with E-state index in [1.54, 1.807) is 18.2 Å². The Labute approximate surface area is 195 Å². The van der Waals surface area contributed by atoms with Crippen LogP contribution in [-0.4, -0.2) is 22.6 Å². The van der Waals surface area contributed by atoms with Crippen molar-refractivity contribution in [2.75, 3.05) is 11.9 Å². The number of carbonyl (C=O) groups excluding carboxylic acids is 1. The zero-order valence-corrected chi connectivity index (χ0v) is 18.8. The van der Waals surface area contributed by atoms with Gasteiger partial charge in [-0.25, -0.2) is 4.98 Å². The SMILES string of the molecule is Cc1cc(Cl)ccc1OCC(=O)NC(=S)Nc1ccc(Cc2nc3ccccc3o2)cc1. The summed E-state index contributed by atoms with van der Waals surface area (Å²) >= 11 is 11.1. The molecule has 0 aliphatic carbocycles. The molecule has 0 unspecified atom stereocenters. The summed E-state index contributed by atoms with van der Waals surface area (Å²) in [5.41, 5.74) is 4.27. The number of fused-ring (bicyclic) bond motifs is 1. The van der Waals surface area contributed by atoms with Crippen molar-refractivity contribution in [3.63, 3.8) is 0 Å². The molecule has 0 saturated heterocycles. The number of anilines is 1. The van der Waals surface area contributed by atoms with Crippen molar-refractivity contribution in [2.45, 2.75) is 13.3 Å². The third-order valence-electron chi connectivity index (χ3n) is 4.65. The molecule has 162 valence electrons. The molecule has 32 heavy (non-hydrogen) atoms.